The van der Waals surface area contributed by atoms with E-state index in [2.05, 4.69) is 15.9 Å². The average molecular weight is 255 g/mol. The SMILES string of the molecule is CC(C)=CC(=O)Oc1ccccc1Br. The highest BCUT2D eigenvalue weighted by Gasteiger charge is 2.03. The molecule has 0 spiro atoms. The van der Waals surface area contributed by atoms with Gasteiger partial charge in [-0.1, -0.05) is 17.7 Å². The van der Waals surface area contributed by atoms with Crippen LogP contribution in [0.1, 0.15) is 13.8 Å². The molecule has 0 radical (unpaired) electrons. The van der Waals surface area contributed by atoms with Gasteiger partial charge in [0.2, 0.25) is 0 Å². The molecule has 0 bridgehead atoms. The van der Waals surface area contributed by atoms with Gasteiger partial charge >= 0.3 is 5.97 Å². The van der Waals surface area contributed by atoms with Gasteiger partial charge in [-0.05, 0) is 41.9 Å². The molecule has 2 nitrogen and oxygen atoms in total. The zero-order valence-electron chi connectivity index (χ0n) is 8.08. The summed E-state index contributed by atoms with van der Waals surface area (Å²) in [5, 5.41) is 0. The highest BCUT2D eigenvalue weighted by Crippen LogP contribution is 2.23. The summed E-state index contributed by atoms with van der Waals surface area (Å²) in [6, 6.07) is 7.24. The fourth-order valence-corrected chi connectivity index (χ4v) is 1.27. The van der Waals surface area contributed by atoms with Crippen LogP contribution in [0.15, 0.2) is 40.4 Å². The molecule has 0 aliphatic heterocycles. The first-order valence-electron chi connectivity index (χ1n) is 4.21. The molecule has 0 saturated carbocycles. The monoisotopic (exact) mass is 254 g/mol. The van der Waals surface area contributed by atoms with Crippen LogP contribution in [0, 0.1) is 0 Å². The molecular formula is C11H11BrO2. The van der Waals surface area contributed by atoms with Crippen molar-refractivity contribution in [2.24, 2.45) is 0 Å². The Kier molecular flexibility index (Phi) is 3.89. The molecule has 0 amide bonds. The van der Waals surface area contributed by atoms with Crippen LogP contribution in [0.3, 0.4) is 0 Å². The van der Waals surface area contributed by atoms with Crippen molar-refractivity contribution in [2.75, 3.05) is 0 Å². The minimum atomic E-state index is -0.350. The Labute approximate surface area is 91.7 Å². The van der Waals surface area contributed by atoms with E-state index < -0.39 is 0 Å². The molecule has 0 atom stereocenters. The van der Waals surface area contributed by atoms with Crippen LogP contribution in [0.4, 0.5) is 0 Å². The smallest absolute Gasteiger partial charge is 0.336 e. The lowest BCUT2D eigenvalue weighted by atomic mass is 10.3. The van der Waals surface area contributed by atoms with Gasteiger partial charge < -0.3 is 4.74 Å². The number of hydrogen-bond acceptors (Lipinski definition) is 2. The first-order chi connectivity index (χ1) is 6.59. The highest BCUT2D eigenvalue weighted by atomic mass is 79.9. The molecule has 0 N–H and O–H groups in total. The van der Waals surface area contributed by atoms with Crippen molar-refractivity contribution in [1.29, 1.82) is 0 Å². The summed E-state index contributed by atoms with van der Waals surface area (Å²) >= 11 is 3.29. The minimum absolute atomic E-state index is 0.350. The molecular weight excluding hydrogens is 244 g/mol. The zero-order chi connectivity index (χ0) is 10.6. The molecule has 1 rings (SSSR count). The summed E-state index contributed by atoms with van der Waals surface area (Å²) in [5.74, 6) is 0.187. The Balaban J connectivity index is 2.75. The second-order valence-corrected chi connectivity index (χ2v) is 3.93. The van der Waals surface area contributed by atoms with Crippen LogP contribution in [0.25, 0.3) is 0 Å². The third-order valence-corrected chi connectivity index (χ3v) is 2.11. The molecule has 1 aromatic carbocycles. The number of rotatable bonds is 2. The first-order valence-corrected chi connectivity index (χ1v) is 5.00. The van der Waals surface area contributed by atoms with Gasteiger partial charge in [0.15, 0.2) is 0 Å². The average Bonchev–Trinajstić information content (AvgIpc) is 2.07. The Morgan fingerprint density at radius 3 is 2.57 bits per heavy atom. The maximum absolute atomic E-state index is 11.3. The van der Waals surface area contributed by atoms with E-state index in [0.717, 1.165) is 10.0 Å². The molecule has 0 aromatic heterocycles. The van der Waals surface area contributed by atoms with Gasteiger partial charge in [0.1, 0.15) is 5.75 Å². The summed E-state index contributed by atoms with van der Waals surface area (Å²) < 4.78 is 5.87. The van der Waals surface area contributed by atoms with Crippen LogP contribution in [-0.2, 0) is 4.79 Å². The fourth-order valence-electron chi connectivity index (χ4n) is 0.901. The quantitative estimate of drug-likeness (QED) is 0.460. The summed E-state index contributed by atoms with van der Waals surface area (Å²) in [5.41, 5.74) is 0.919. The molecule has 3 heteroatoms. The molecule has 0 aliphatic rings. The van der Waals surface area contributed by atoms with Gasteiger partial charge in [-0.25, -0.2) is 4.79 Å². The minimum Gasteiger partial charge on any atom is -0.422 e. The zero-order valence-corrected chi connectivity index (χ0v) is 9.67. The van der Waals surface area contributed by atoms with E-state index in [1.807, 2.05) is 32.0 Å². The van der Waals surface area contributed by atoms with Crippen LogP contribution in [0.5, 0.6) is 5.75 Å². The Hall–Kier alpha value is -1.09. The van der Waals surface area contributed by atoms with E-state index >= 15 is 0 Å². The summed E-state index contributed by atoms with van der Waals surface area (Å²) in [6.07, 6.45) is 1.46. The molecule has 0 heterocycles. The van der Waals surface area contributed by atoms with E-state index in [-0.39, 0.29) is 5.97 Å². The third kappa shape index (κ3) is 3.34. The third-order valence-electron chi connectivity index (χ3n) is 1.45. The summed E-state index contributed by atoms with van der Waals surface area (Å²) in [4.78, 5) is 11.3. The van der Waals surface area contributed by atoms with Gasteiger partial charge in [0.05, 0.1) is 4.47 Å². The van der Waals surface area contributed by atoms with Crippen molar-refractivity contribution in [3.63, 3.8) is 0 Å². The predicted molar refractivity (Wildman–Crippen MR) is 59.2 cm³/mol. The molecule has 14 heavy (non-hydrogen) atoms. The standard InChI is InChI=1S/C11H11BrO2/c1-8(2)7-11(13)14-10-6-4-3-5-9(10)12/h3-7H,1-2H3. The van der Waals surface area contributed by atoms with Crippen LogP contribution in [0.2, 0.25) is 0 Å². The first kappa shape index (κ1) is 11.0. The second-order valence-electron chi connectivity index (χ2n) is 3.07. The number of carbonyl (C=O) groups excluding carboxylic acids is 1. The molecule has 1 aromatic rings. The van der Waals surface area contributed by atoms with E-state index in [4.69, 9.17) is 4.74 Å². The predicted octanol–water partition coefficient (Wildman–Crippen LogP) is 3.32. The number of allylic oxidation sites excluding steroid dienone is 1. The number of para-hydroxylation sites is 1. The Morgan fingerprint density at radius 1 is 1.36 bits per heavy atom. The van der Waals surface area contributed by atoms with Gasteiger partial charge in [0.25, 0.3) is 0 Å². The number of benzene rings is 1. The fraction of sp³-hybridized carbons (Fsp3) is 0.182. The van der Waals surface area contributed by atoms with E-state index in [1.54, 1.807) is 6.07 Å². The van der Waals surface area contributed by atoms with E-state index in [0.29, 0.717) is 5.75 Å². The number of ether oxygens (including phenoxy) is 1. The molecule has 74 valence electrons. The van der Waals surface area contributed by atoms with Crippen molar-refractivity contribution >= 4 is 21.9 Å². The van der Waals surface area contributed by atoms with Gasteiger partial charge in [-0.2, -0.15) is 0 Å². The summed E-state index contributed by atoms with van der Waals surface area (Å²) in [6.45, 7) is 3.70. The maximum atomic E-state index is 11.3. The molecule has 0 aliphatic carbocycles. The van der Waals surface area contributed by atoms with E-state index in [1.165, 1.54) is 6.08 Å². The highest BCUT2D eigenvalue weighted by molar-refractivity contribution is 9.10. The largest absolute Gasteiger partial charge is 0.422 e. The Morgan fingerprint density at radius 2 is 2.00 bits per heavy atom. The lowest BCUT2D eigenvalue weighted by Gasteiger charge is -2.03. The summed E-state index contributed by atoms with van der Waals surface area (Å²) in [7, 11) is 0. The lowest BCUT2D eigenvalue weighted by Crippen LogP contribution is -2.04. The van der Waals surface area contributed by atoms with Crippen molar-refractivity contribution < 1.29 is 9.53 Å². The normalized spacial score (nSPS) is 9.36. The van der Waals surface area contributed by atoms with E-state index in [9.17, 15) is 4.79 Å². The van der Waals surface area contributed by atoms with Crippen molar-refractivity contribution in [3.8, 4) is 5.75 Å². The van der Waals surface area contributed by atoms with Crippen molar-refractivity contribution in [1.82, 2.24) is 0 Å². The topological polar surface area (TPSA) is 26.3 Å². The van der Waals surface area contributed by atoms with Gasteiger partial charge in [-0.3, -0.25) is 0 Å². The van der Waals surface area contributed by atoms with Crippen molar-refractivity contribution in [3.05, 3.63) is 40.4 Å². The number of esters is 1. The number of carbonyl (C=O) groups is 1. The molecule has 0 unspecified atom stereocenters. The van der Waals surface area contributed by atoms with Crippen molar-refractivity contribution in [2.45, 2.75) is 13.8 Å². The molecule has 0 saturated heterocycles. The van der Waals surface area contributed by atoms with Gasteiger partial charge in [-0.15, -0.1) is 0 Å². The second kappa shape index (κ2) is 4.96. The number of hydrogen-bond donors (Lipinski definition) is 0. The molecule has 0 fully saturated rings. The maximum Gasteiger partial charge on any atom is 0.336 e. The van der Waals surface area contributed by atoms with Crippen LogP contribution in [-0.4, -0.2) is 5.97 Å². The van der Waals surface area contributed by atoms with Crippen LogP contribution < -0.4 is 4.74 Å². The Bertz CT molecular complexity index is 365. The van der Waals surface area contributed by atoms with Gasteiger partial charge in [0, 0.05) is 6.08 Å². The van der Waals surface area contributed by atoms with Crippen LogP contribution >= 0.6 is 15.9 Å². The number of halogens is 1. The lowest BCUT2D eigenvalue weighted by molar-refractivity contribution is -0.129.